The van der Waals surface area contributed by atoms with E-state index in [-0.39, 0.29) is 37.1 Å². The molecule has 0 bridgehead atoms. The van der Waals surface area contributed by atoms with E-state index >= 15 is 4.39 Å². The number of aryl methyl sites for hydroxylation is 1. The Bertz CT molecular complexity index is 1100. The van der Waals surface area contributed by atoms with Gasteiger partial charge in [-0.3, -0.25) is 9.20 Å². The smallest absolute Gasteiger partial charge is 0.393 e. The number of anilines is 1. The second kappa shape index (κ2) is 7.98. The number of fused-ring (bicyclic) bond motifs is 1. The average molecular weight is 464 g/mol. The number of pyridine rings is 2. The van der Waals surface area contributed by atoms with Gasteiger partial charge in [0.05, 0.1) is 23.3 Å². The highest BCUT2D eigenvalue weighted by molar-refractivity contribution is 5.89. The fourth-order valence-electron chi connectivity index (χ4n) is 4.55. The van der Waals surface area contributed by atoms with Crippen LogP contribution in [-0.4, -0.2) is 41.3 Å². The van der Waals surface area contributed by atoms with Crippen LogP contribution in [0.4, 0.5) is 23.2 Å². The van der Waals surface area contributed by atoms with Gasteiger partial charge in [0.2, 0.25) is 0 Å². The monoisotopic (exact) mass is 463 g/mol. The molecule has 1 saturated heterocycles. The molecule has 2 aromatic rings. The third-order valence-corrected chi connectivity index (χ3v) is 6.17. The van der Waals surface area contributed by atoms with Gasteiger partial charge in [-0.15, -0.1) is 12.4 Å². The molecule has 2 atom stereocenters. The van der Waals surface area contributed by atoms with E-state index in [2.05, 4.69) is 0 Å². The number of nitrogens with two attached hydrogens (primary N) is 1. The first-order chi connectivity index (χ1) is 14.0. The number of carboxylic acid groups (broad SMARTS) is 1. The maximum Gasteiger partial charge on any atom is 0.393 e. The Kier molecular flexibility index (Phi) is 6.01. The van der Waals surface area contributed by atoms with E-state index in [0.29, 0.717) is 16.6 Å². The molecule has 31 heavy (non-hydrogen) atoms. The van der Waals surface area contributed by atoms with Crippen LogP contribution in [0.5, 0.6) is 0 Å². The van der Waals surface area contributed by atoms with Crippen LogP contribution in [0.2, 0.25) is 0 Å². The first kappa shape index (κ1) is 23.3. The van der Waals surface area contributed by atoms with Crippen molar-refractivity contribution in [1.82, 2.24) is 4.40 Å². The zero-order valence-electron chi connectivity index (χ0n) is 16.6. The number of aromatic carboxylic acids is 1. The molecule has 0 radical (unpaired) electrons. The quantitative estimate of drug-likeness (QED) is 0.679. The van der Waals surface area contributed by atoms with E-state index in [1.54, 1.807) is 6.92 Å². The lowest BCUT2D eigenvalue weighted by atomic mass is 9.96. The molecule has 4 rings (SSSR count). The van der Waals surface area contributed by atoms with E-state index < -0.39 is 47.5 Å². The van der Waals surface area contributed by atoms with Gasteiger partial charge < -0.3 is 15.7 Å². The summed E-state index contributed by atoms with van der Waals surface area (Å²) < 4.78 is 56.3. The number of hydrogen-bond acceptors (Lipinski definition) is 4. The Balaban J connectivity index is 0.00000272. The summed E-state index contributed by atoms with van der Waals surface area (Å²) in [6.07, 6.45) is -1.97. The van der Waals surface area contributed by atoms with Gasteiger partial charge in [0.25, 0.3) is 5.56 Å². The summed E-state index contributed by atoms with van der Waals surface area (Å²) in [4.78, 5) is 25.4. The van der Waals surface area contributed by atoms with Crippen molar-refractivity contribution in [1.29, 1.82) is 0 Å². The van der Waals surface area contributed by atoms with Crippen molar-refractivity contribution in [3.8, 4) is 0 Å². The maximum absolute atomic E-state index is 15.1. The van der Waals surface area contributed by atoms with Crippen LogP contribution in [0.25, 0.3) is 5.52 Å². The molecule has 2 fully saturated rings. The van der Waals surface area contributed by atoms with Crippen LogP contribution in [0.3, 0.4) is 0 Å². The van der Waals surface area contributed by atoms with Crippen molar-refractivity contribution in [2.24, 2.45) is 17.6 Å². The Morgan fingerprint density at radius 2 is 1.94 bits per heavy atom. The number of hydrogen-bond donors (Lipinski definition) is 2. The SMILES string of the molecule is Cc1c(N2CC(CN)C(C(F)(F)F)C2)c(F)cn2c(=O)c(C(=O)O)cc(C3CC3)c12.Cl. The van der Waals surface area contributed by atoms with Gasteiger partial charge in [-0.1, -0.05) is 0 Å². The van der Waals surface area contributed by atoms with Crippen LogP contribution in [0.1, 0.15) is 40.2 Å². The van der Waals surface area contributed by atoms with Crippen LogP contribution in [-0.2, 0) is 0 Å². The molecule has 0 aromatic carbocycles. The van der Waals surface area contributed by atoms with E-state index in [9.17, 15) is 27.9 Å². The molecule has 1 saturated carbocycles. The zero-order valence-corrected chi connectivity index (χ0v) is 17.4. The highest BCUT2D eigenvalue weighted by Gasteiger charge is 2.49. The van der Waals surface area contributed by atoms with E-state index in [1.165, 1.54) is 11.0 Å². The number of halogens is 5. The third kappa shape index (κ3) is 3.87. The minimum absolute atomic E-state index is 0. The van der Waals surface area contributed by atoms with E-state index in [4.69, 9.17) is 5.73 Å². The summed E-state index contributed by atoms with van der Waals surface area (Å²) in [6.45, 7) is 0.905. The van der Waals surface area contributed by atoms with Crippen molar-refractivity contribution < 1.29 is 27.5 Å². The lowest BCUT2D eigenvalue weighted by molar-refractivity contribution is -0.178. The summed E-state index contributed by atoms with van der Waals surface area (Å²) in [5, 5.41) is 9.35. The lowest BCUT2D eigenvalue weighted by Gasteiger charge is -2.24. The van der Waals surface area contributed by atoms with E-state index in [1.807, 2.05) is 0 Å². The standard InChI is InChI=1S/C20H21F4N3O3.ClH/c1-9-16-12(10-2-3-10)4-13(19(29)30)18(28)27(16)8-15(21)17(9)26-6-11(5-25)14(7-26)20(22,23)24;/h4,8,10-11,14H,2-3,5-7,25H2,1H3,(H,29,30);1H. The Hall–Kier alpha value is -2.33. The summed E-state index contributed by atoms with van der Waals surface area (Å²) in [6, 6.07) is 1.32. The van der Waals surface area contributed by atoms with Gasteiger partial charge in [0, 0.05) is 19.0 Å². The Morgan fingerprint density at radius 3 is 2.42 bits per heavy atom. The number of alkyl halides is 3. The van der Waals surface area contributed by atoms with Crippen molar-refractivity contribution in [2.75, 3.05) is 24.5 Å². The summed E-state index contributed by atoms with van der Waals surface area (Å²) in [7, 11) is 0. The molecule has 1 aliphatic heterocycles. The van der Waals surface area contributed by atoms with E-state index in [0.717, 1.165) is 23.4 Å². The largest absolute Gasteiger partial charge is 0.477 e. The number of carboxylic acids is 1. The number of rotatable bonds is 4. The minimum atomic E-state index is -4.45. The average Bonchev–Trinajstić information content (AvgIpc) is 3.40. The molecule has 2 unspecified atom stereocenters. The van der Waals surface area contributed by atoms with Crippen LogP contribution < -0.4 is 16.2 Å². The first-order valence-electron chi connectivity index (χ1n) is 9.68. The van der Waals surface area contributed by atoms with Gasteiger partial charge in [0.1, 0.15) is 5.56 Å². The van der Waals surface area contributed by atoms with Gasteiger partial charge in [-0.25, -0.2) is 9.18 Å². The summed E-state index contributed by atoms with van der Waals surface area (Å²) in [5.41, 5.74) is 5.51. The Morgan fingerprint density at radius 1 is 1.29 bits per heavy atom. The van der Waals surface area contributed by atoms with Gasteiger partial charge in [-0.05, 0) is 49.4 Å². The molecule has 6 nitrogen and oxygen atoms in total. The normalized spacial score (nSPS) is 21.4. The Labute approximate surface area is 181 Å². The molecule has 0 spiro atoms. The highest BCUT2D eigenvalue weighted by Crippen LogP contribution is 2.45. The number of carbonyl (C=O) groups is 1. The molecular formula is C20H22ClF4N3O3. The summed E-state index contributed by atoms with van der Waals surface area (Å²) >= 11 is 0. The zero-order chi connectivity index (χ0) is 22.0. The summed E-state index contributed by atoms with van der Waals surface area (Å²) in [5.74, 6) is -4.77. The lowest BCUT2D eigenvalue weighted by Crippen LogP contribution is -2.33. The topological polar surface area (TPSA) is 88.0 Å². The highest BCUT2D eigenvalue weighted by atomic mass is 35.5. The molecular weight excluding hydrogens is 442 g/mol. The molecule has 0 amide bonds. The van der Waals surface area contributed by atoms with Crippen molar-refractivity contribution in [3.05, 3.63) is 45.1 Å². The fourth-order valence-corrected chi connectivity index (χ4v) is 4.55. The maximum atomic E-state index is 15.1. The second-order valence-electron chi connectivity index (χ2n) is 8.12. The first-order valence-corrected chi connectivity index (χ1v) is 9.68. The molecule has 2 aromatic heterocycles. The third-order valence-electron chi connectivity index (χ3n) is 6.17. The van der Waals surface area contributed by atoms with Gasteiger partial charge >= 0.3 is 12.1 Å². The van der Waals surface area contributed by atoms with Crippen LogP contribution in [0, 0.1) is 24.6 Å². The second-order valence-corrected chi connectivity index (χ2v) is 8.12. The molecule has 3 N–H and O–H groups in total. The fraction of sp³-hybridized carbons (Fsp3) is 0.500. The molecule has 11 heteroatoms. The predicted molar refractivity (Wildman–Crippen MR) is 109 cm³/mol. The molecule has 1 aliphatic carbocycles. The molecule has 170 valence electrons. The van der Waals surface area contributed by atoms with Crippen LogP contribution in [0.15, 0.2) is 17.1 Å². The van der Waals surface area contributed by atoms with Crippen molar-refractivity contribution >= 4 is 29.6 Å². The number of nitrogens with zero attached hydrogens (tertiary/aromatic N) is 2. The van der Waals surface area contributed by atoms with Gasteiger partial charge in [0.15, 0.2) is 5.82 Å². The van der Waals surface area contributed by atoms with Crippen LogP contribution >= 0.6 is 12.4 Å². The van der Waals surface area contributed by atoms with Crippen molar-refractivity contribution in [2.45, 2.75) is 31.9 Å². The minimum Gasteiger partial charge on any atom is -0.477 e. The number of aromatic nitrogens is 1. The van der Waals surface area contributed by atoms with Crippen molar-refractivity contribution in [3.63, 3.8) is 0 Å². The van der Waals surface area contributed by atoms with Gasteiger partial charge in [-0.2, -0.15) is 13.2 Å². The molecule has 2 aliphatic rings. The predicted octanol–water partition coefficient (Wildman–Crippen LogP) is 3.32. The molecule has 3 heterocycles.